The zero-order chi connectivity index (χ0) is 17.7. The van der Waals surface area contributed by atoms with E-state index in [1.807, 2.05) is 0 Å². The van der Waals surface area contributed by atoms with E-state index in [4.69, 9.17) is 23.8 Å². The van der Waals surface area contributed by atoms with Gasteiger partial charge in [0.1, 0.15) is 0 Å². The first-order valence-electron chi connectivity index (χ1n) is 7.18. The van der Waals surface area contributed by atoms with Crippen molar-refractivity contribution in [3.8, 4) is 0 Å². The van der Waals surface area contributed by atoms with Crippen molar-refractivity contribution in [2.75, 3.05) is 11.9 Å². The molecule has 2 aromatic rings. The normalized spacial score (nSPS) is 11.4. The van der Waals surface area contributed by atoms with Crippen LogP contribution < -0.4 is 10.6 Å². The molecule has 1 heterocycles. The molecule has 130 valence electrons. The zero-order valence-corrected chi connectivity index (χ0v) is 14.4. The molecular formula is C15H16ClF3N4S. The lowest BCUT2D eigenvalue weighted by Gasteiger charge is -2.11. The number of nitrogens with one attached hydrogen (secondary N) is 2. The number of nitrogens with zero attached hydrogens (tertiary/aromatic N) is 2. The molecule has 2 N–H and O–H groups in total. The summed E-state index contributed by atoms with van der Waals surface area (Å²) in [6, 6.07) is 8.11. The number of hydrogen-bond acceptors (Lipinski definition) is 2. The van der Waals surface area contributed by atoms with Gasteiger partial charge < -0.3 is 10.6 Å². The number of thiocarbonyl (C=S) groups is 1. The van der Waals surface area contributed by atoms with E-state index in [2.05, 4.69) is 15.7 Å². The minimum atomic E-state index is -4.42. The number of halogens is 4. The molecule has 24 heavy (non-hydrogen) atoms. The first-order chi connectivity index (χ1) is 11.3. The summed E-state index contributed by atoms with van der Waals surface area (Å²) in [6.07, 6.45) is -3.83. The van der Waals surface area contributed by atoms with E-state index in [1.165, 1.54) is 4.68 Å². The summed E-state index contributed by atoms with van der Waals surface area (Å²) >= 11 is 10.9. The Bertz CT molecular complexity index is 698. The Labute approximate surface area is 148 Å². The molecule has 0 aliphatic heterocycles. The third-order valence-electron chi connectivity index (χ3n) is 3.21. The maximum Gasteiger partial charge on any atom is 0.435 e. The van der Waals surface area contributed by atoms with E-state index in [9.17, 15) is 13.2 Å². The summed E-state index contributed by atoms with van der Waals surface area (Å²) < 4.78 is 39.1. The molecule has 0 bridgehead atoms. The van der Waals surface area contributed by atoms with E-state index in [0.717, 1.165) is 11.8 Å². The van der Waals surface area contributed by atoms with Gasteiger partial charge in [0.05, 0.1) is 0 Å². The highest BCUT2D eigenvalue weighted by atomic mass is 35.5. The average molecular weight is 377 g/mol. The molecular weight excluding hydrogens is 361 g/mol. The Morgan fingerprint density at radius 2 is 1.96 bits per heavy atom. The maximum atomic E-state index is 12.6. The van der Waals surface area contributed by atoms with Crippen molar-refractivity contribution in [2.45, 2.75) is 26.1 Å². The molecule has 2 rings (SSSR count). The highest BCUT2D eigenvalue weighted by Gasteiger charge is 2.34. The molecule has 1 aromatic heterocycles. The maximum absolute atomic E-state index is 12.6. The van der Waals surface area contributed by atoms with Crippen molar-refractivity contribution in [1.82, 2.24) is 15.1 Å². The monoisotopic (exact) mass is 376 g/mol. The van der Waals surface area contributed by atoms with E-state index in [1.54, 1.807) is 31.2 Å². The molecule has 0 amide bonds. The highest BCUT2D eigenvalue weighted by molar-refractivity contribution is 7.80. The largest absolute Gasteiger partial charge is 0.435 e. The fraction of sp³-hybridized carbons (Fsp3) is 0.333. The first-order valence-corrected chi connectivity index (χ1v) is 7.96. The van der Waals surface area contributed by atoms with Crippen LogP contribution in [0.3, 0.4) is 0 Å². The van der Waals surface area contributed by atoms with Crippen LogP contribution in [0.4, 0.5) is 18.9 Å². The highest BCUT2D eigenvalue weighted by Crippen LogP contribution is 2.28. The van der Waals surface area contributed by atoms with Crippen molar-refractivity contribution >= 4 is 34.6 Å². The lowest BCUT2D eigenvalue weighted by molar-refractivity contribution is -0.141. The minimum Gasteiger partial charge on any atom is -0.362 e. The average Bonchev–Trinajstić information content (AvgIpc) is 2.87. The van der Waals surface area contributed by atoms with Gasteiger partial charge >= 0.3 is 6.18 Å². The minimum absolute atomic E-state index is 0.373. The second kappa shape index (κ2) is 7.85. The van der Waals surface area contributed by atoms with Crippen molar-refractivity contribution < 1.29 is 13.2 Å². The third kappa shape index (κ3) is 5.38. The Balaban J connectivity index is 1.75. The fourth-order valence-electron chi connectivity index (χ4n) is 2.01. The number of alkyl halides is 3. The van der Waals surface area contributed by atoms with Gasteiger partial charge in [-0.25, -0.2) is 0 Å². The summed E-state index contributed by atoms with van der Waals surface area (Å²) in [5, 5.41) is 10.6. The van der Waals surface area contributed by atoms with Crippen LogP contribution in [0.2, 0.25) is 5.02 Å². The molecule has 0 atom stereocenters. The molecule has 9 heteroatoms. The Hall–Kier alpha value is -1.80. The van der Waals surface area contributed by atoms with Crippen molar-refractivity contribution in [3.05, 3.63) is 46.7 Å². The molecule has 0 saturated heterocycles. The van der Waals surface area contributed by atoms with E-state index < -0.39 is 11.9 Å². The Morgan fingerprint density at radius 1 is 1.29 bits per heavy atom. The van der Waals surface area contributed by atoms with Crippen LogP contribution in [-0.2, 0) is 12.7 Å². The van der Waals surface area contributed by atoms with Gasteiger partial charge in [-0.15, -0.1) is 0 Å². The second-order valence-electron chi connectivity index (χ2n) is 5.13. The number of aromatic nitrogens is 2. The quantitative estimate of drug-likeness (QED) is 0.605. The molecule has 0 fully saturated rings. The summed E-state index contributed by atoms with van der Waals surface area (Å²) in [4.78, 5) is 0. The van der Waals surface area contributed by atoms with Crippen molar-refractivity contribution in [3.63, 3.8) is 0 Å². The smallest absolute Gasteiger partial charge is 0.362 e. The molecule has 0 aliphatic rings. The molecule has 0 spiro atoms. The molecule has 0 radical (unpaired) electrons. The number of aryl methyl sites for hydroxylation is 2. The molecule has 0 aliphatic carbocycles. The van der Waals surface area contributed by atoms with Crippen LogP contribution in [0.25, 0.3) is 0 Å². The van der Waals surface area contributed by atoms with Crippen LogP contribution >= 0.6 is 23.8 Å². The number of rotatable bonds is 5. The van der Waals surface area contributed by atoms with E-state index in [-0.39, 0.29) is 0 Å². The van der Waals surface area contributed by atoms with Crippen molar-refractivity contribution in [1.29, 1.82) is 0 Å². The Kier molecular flexibility index (Phi) is 6.06. The van der Waals surface area contributed by atoms with E-state index >= 15 is 0 Å². The lowest BCUT2D eigenvalue weighted by Crippen LogP contribution is -2.29. The number of hydrogen-bond donors (Lipinski definition) is 2. The molecule has 4 nitrogen and oxygen atoms in total. The first kappa shape index (κ1) is 18.5. The van der Waals surface area contributed by atoms with Crippen LogP contribution in [0.5, 0.6) is 0 Å². The van der Waals surface area contributed by atoms with Crippen molar-refractivity contribution in [2.24, 2.45) is 0 Å². The van der Waals surface area contributed by atoms with Gasteiger partial charge in [0.2, 0.25) is 0 Å². The van der Waals surface area contributed by atoms with Crippen LogP contribution in [-0.4, -0.2) is 21.4 Å². The Morgan fingerprint density at radius 3 is 2.54 bits per heavy atom. The third-order valence-corrected chi connectivity index (χ3v) is 3.70. The number of benzene rings is 1. The standard InChI is InChI=1S/C15H16ClF3N4S/c1-10-9-13(15(17,18)19)22-23(10)8-2-7-20-14(24)21-12-5-3-11(16)4-6-12/h3-6,9H,2,7-8H2,1H3,(H2,20,21,24). The molecule has 0 saturated carbocycles. The van der Waals surface area contributed by atoms with Gasteiger partial charge in [-0.2, -0.15) is 18.3 Å². The van der Waals surface area contributed by atoms with Crippen LogP contribution in [0.15, 0.2) is 30.3 Å². The van der Waals surface area contributed by atoms with Crippen LogP contribution in [0, 0.1) is 6.92 Å². The van der Waals surface area contributed by atoms with Gasteiger partial charge in [0, 0.05) is 29.5 Å². The fourth-order valence-corrected chi connectivity index (χ4v) is 2.36. The molecule has 1 aromatic carbocycles. The summed E-state index contributed by atoms with van der Waals surface area (Å²) in [5.41, 5.74) is 0.409. The summed E-state index contributed by atoms with van der Waals surface area (Å²) in [6.45, 7) is 2.49. The summed E-state index contributed by atoms with van der Waals surface area (Å²) in [5.74, 6) is 0. The predicted molar refractivity (Wildman–Crippen MR) is 92.3 cm³/mol. The summed E-state index contributed by atoms with van der Waals surface area (Å²) in [7, 11) is 0. The van der Waals surface area contributed by atoms with Gasteiger partial charge in [0.15, 0.2) is 10.8 Å². The van der Waals surface area contributed by atoms with E-state index in [0.29, 0.717) is 35.3 Å². The SMILES string of the molecule is Cc1cc(C(F)(F)F)nn1CCCNC(=S)Nc1ccc(Cl)cc1. The predicted octanol–water partition coefficient (Wildman–Crippen LogP) is 4.24. The molecule has 0 unspecified atom stereocenters. The van der Waals surface area contributed by atoms with Gasteiger partial charge in [-0.1, -0.05) is 11.6 Å². The second-order valence-corrected chi connectivity index (χ2v) is 5.98. The van der Waals surface area contributed by atoms with Gasteiger partial charge in [-0.05, 0) is 55.9 Å². The topological polar surface area (TPSA) is 41.9 Å². The van der Waals surface area contributed by atoms with Gasteiger partial charge in [-0.3, -0.25) is 4.68 Å². The number of anilines is 1. The lowest BCUT2D eigenvalue weighted by atomic mass is 10.3. The zero-order valence-electron chi connectivity index (χ0n) is 12.8. The van der Waals surface area contributed by atoms with Crippen LogP contribution in [0.1, 0.15) is 17.8 Å². The van der Waals surface area contributed by atoms with Gasteiger partial charge in [0.25, 0.3) is 0 Å².